The Bertz CT molecular complexity index is 839. The lowest BCUT2D eigenvalue weighted by molar-refractivity contribution is -0.159. The first-order valence-corrected chi connectivity index (χ1v) is 10.3. The molecule has 1 saturated heterocycles. The predicted octanol–water partition coefficient (Wildman–Crippen LogP) is 2.15. The maximum atomic E-state index is 12.8. The van der Waals surface area contributed by atoms with Gasteiger partial charge in [-0.25, -0.2) is 4.79 Å². The molecule has 2 saturated carbocycles. The quantitative estimate of drug-likeness (QED) is 0.585. The molecule has 2 aliphatic carbocycles. The monoisotopic (exact) mass is 398 g/mol. The van der Waals surface area contributed by atoms with Crippen molar-refractivity contribution in [2.24, 2.45) is 23.7 Å². The number of rotatable bonds is 6. The molecule has 3 fully saturated rings. The van der Waals surface area contributed by atoms with Crippen LogP contribution in [0.25, 0.3) is 0 Å². The van der Waals surface area contributed by atoms with Crippen molar-refractivity contribution >= 4 is 29.4 Å². The molecule has 5 atom stereocenters. The molecule has 0 unspecified atom stereocenters. The van der Waals surface area contributed by atoms with E-state index in [4.69, 9.17) is 4.74 Å². The number of carbonyl (C=O) groups excluding carboxylic acids is 4. The van der Waals surface area contributed by atoms with Crippen molar-refractivity contribution in [1.82, 2.24) is 4.90 Å². The molecule has 0 spiro atoms. The van der Waals surface area contributed by atoms with Gasteiger partial charge in [0.1, 0.15) is 6.04 Å². The van der Waals surface area contributed by atoms with Crippen molar-refractivity contribution in [3.8, 4) is 0 Å². The van der Waals surface area contributed by atoms with E-state index in [0.717, 1.165) is 36.1 Å². The summed E-state index contributed by atoms with van der Waals surface area (Å²) >= 11 is 0. The van der Waals surface area contributed by atoms with Gasteiger partial charge in [-0.05, 0) is 56.1 Å². The van der Waals surface area contributed by atoms with Gasteiger partial charge in [-0.3, -0.25) is 19.3 Å². The number of fused-ring (bicyclic) bond motifs is 5. The molecule has 0 aromatic heterocycles. The number of nitrogens with one attached hydrogen (secondary N) is 1. The van der Waals surface area contributed by atoms with E-state index in [2.05, 4.69) is 5.32 Å². The van der Waals surface area contributed by atoms with Crippen molar-refractivity contribution < 1.29 is 23.9 Å². The largest absolute Gasteiger partial charge is 0.454 e. The Balaban J connectivity index is 1.35. The third kappa shape index (κ3) is 3.32. The van der Waals surface area contributed by atoms with Gasteiger partial charge in [0.15, 0.2) is 6.61 Å². The van der Waals surface area contributed by atoms with Gasteiger partial charge in [-0.15, -0.1) is 0 Å². The highest BCUT2D eigenvalue weighted by atomic mass is 16.5. The SMILES string of the molecule is CCc1ccccc1NC(=O)COC(=O)[C@H](C)N1C(=O)[C@@H]2[C@H]3CC[C@@H](C3)[C@H]2C1=O. The number of amides is 3. The summed E-state index contributed by atoms with van der Waals surface area (Å²) in [5.41, 5.74) is 1.66. The molecule has 1 aliphatic heterocycles. The van der Waals surface area contributed by atoms with Crippen LogP contribution >= 0.6 is 0 Å². The van der Waals surface area contributed by atoms with Crippen LogP contribution in [0.4, 0.5) is 5.69 Å². The zero-order valence-electron chi connectivity index (χ0n) is 16.7. The van der Waals surface area contributed by atoms with Crippen LogP contribution in [-0.4, -0.2) is 41.2 Å². The third-order valence-corrected chi connectivity index (χ3v) is 6.71. The zero-order chi connectivity index (χ0) is 20.7. The lowest BCUT2D eigenvalue weighted by Crippen LogP contribution is -2.45. The second-order valence-corrected chi connectivity index (χ2v) is 8.27. The Morgan fingerprint density at radius 2 is 1.76 bits per heavy atom. The highest BCUT2D eigenvalue weighted by Crippen LogP contribution is 2.56. The smallest absolute Gasteiger partial charge is 0.329 e. The number of imide groups is 1. The van der Waals surface area contributed by atoms with Crippen LogP contribution in [-0.2, 0) is 30.3 Å². The molecule has 1 heterocycles. The van der Waals surface area contributed by atoms with Crippen molar-refractivity contribution in [3.05, 3.63) is 29.8 Å². The van der Waals surface area contributed by atoms with Gasteiger partial charge in [-0.1, -0.05) is 25.1 Å². The molecule has 7 heteroatoms. The van der Waals surface area contributed by atoms with Gasteiger partial charge >= 0.3 is 5.97 Å². The van der Waals surface area contributed by atoms with Gasteiger partial charge in [0.2, 0.25) is 11.8 Å². The normalized spacial score (nSPS) is 28.4. The molecular formula is C22H26N2O5. The van der Waals surface area contributed by atoms with Crippen LogP contribution in [0, 0.1) is 23.7 Å². The number of carbonyl (C=O) groups is 4. The third-order valence-electron chi connectivity index (χ3n) is 6.71. The van der Waals surface area contributed by atoms with E-state index in [1.54, 1.807) is 6.07 Å². The number of hydrogen-bond donors (Lipinski definition) is 1. The van der Waals surface area contributed by atoms with Crippen LogP contribution in [0.5, 0.6) is 0 Å². The Hall–Kier alpha value is -2.70. The number of hydrogen-bond acceptors (Lipinski definition) is 5. The number of likely N-dealkylation sites (tertiary alicyclic amines) is 1. The highest BCUT2D eigenvalue weighted by molar-refractivity contribution is 6.08. The lowest BCUT2D eigenvalue weighted by atomic mass is 9.81. The first kappa shape index (κ1) is 19.6. The lowest BCUT2D eigenvalue weighted by Gasteiger charge is -2.23. The number of aryl methyl sites for hydroxylation is 1. The molecular weight excluding hydrogens is 372 g/mol. The van der Waals surface area contributed by atoms with Crippen LogP contribution in [0.1, 0.15) is 38.7 Å². The average Bonchev–Trinajstić information content (AvgIpc) is 3.40. The first-order chi connectivity index (χ1) is 13.9. The molecule has 4 rings (SSSR count). The second-order valence-electron chi connectivity index (χ2n) is 8.27. The van der Waals surface area contributed by atoms with Crippen molar-refractivity contribution in [3.63, 3.8) is 0 Å². The Labute approximate surface area is 169 Å². The van der Waals surface area contributed by atoms with Crippen molar-refractivity contribution in [2.45, 2.75) is 45.6 Å². The van der Waals surface area contributed by atoms with Crippen LogP contribution < -0.4 is 5.32 Å². The Kier molecular flexibility index (Phi) is 5.15. The number of para-hydroxylation sites is 1. The number of benzene rings is 1. The summed E-state index contributed by atoms with van der Waals surface area (Å²) in [7, 11) is 0. The average molecular weight is 398 g/mol. The Morgan fingerprint density at radius 1 is 1.14 bits per heavy atom. The van der Waals surface area contributed by atoms with E-state index in [0.29, 0.717) is 5.69 Å². The fourth-order valence-electron chi connectivity index (χ4n) is 5.31. The standard InChI is InChI=1S/C22H26N2O5/c1-3-13-6-4-5-7-16(13)23-17(25)11-29-22(28)12(2)24-20(26)18-14-8-9-15(10-14)19(18)21(24)27/h4-7,12,14-15,18-19H,3,8-11H2,1-2H3,(H,23,25)/t12-,14-,15-,18+,19+/m0/s1. The van der Waals surface area contributed by atoms with Crippen LogP contribution in [0.15, 0.2) is 24.3 Å². The predicted molar refractivity (Wildman–Crippen MR) is 105 cm³/mol. The molecule has 29 heavy (non-hydrogen) atoms. The second kappa shape index (κ2) is 7.61. The van der Waals surface area contributed by atoms with Gasteiger partial charge in [0, 0.05) is 5.69 Å². The zero-order valence-corrected chi connectivity index (χ0v) is 16.7. The topological polar surface area (TPSA) is 92.8 Å². The van der Waals surface area contributed by atoms with Crippen LogP contribution in [0.2, 0.25) is 0 Å². The number of ether oxygens (including phenoxy) is 1. The van der Waals surface area contributed by atoms with Crippen molar-refractivity contribution in [2.75, 3.05) is 11.9 Å². The minimum absolute atomic E-state index is 0.252. The molecule has 154 valence electrons. The van der Waals surface area contributed by atoms with Crippen molar-refractivity contribution in [1.29, 1.82) is 0 Å². The van der Waals surface area contributed by atoms with E-state index in [9.17, 15) is 19.2 Å². The van der Waals surface area contributed by atoms with Gasteiger partial charge in [0.25, 0.3) is 5.91 Å². The first-order valence-electron chi connectivity index (χ1n) is 10.3. The summed E-state index contributed by atoms with van der Waals surface area (Å²) in [6.07, 6.45) is 3.67. The number of anilines is 1. The molecule has 1 N–H and O–H groups in total. The van der Waals surface area contributed by atoms with Crippen LogP contribution in [0.3, 0.4) is 0 Å². The highest BCUT2D eigenvalue weighted by Gasteiger charge is 2.62. The molecule has 2 bridgehead atoms. The number of esters is 1. The molecule has 0 radical (unpaired) electrons. The molecule has 3 amide bonds. The number of nitrogens with zero attached hydrogens (tertiary/aromatic N) is 1. The summed E-state index contributed by atoms with van der Waals surface area (Å²) in [6, 6.07) is 6.39. The van der Waals surface area contributed by atoms with E-state index in [1.807, 2.05) is 25.1 Å². The minimum Gasteiger partial charge on any atom is -0.454 e. The van der Waals surface area contributed by atoms with Gasteiger partial charge in [-0.2, -0.15) is 0 Å². The summed E-state index contributed by atoms with van der Waals surface area (Å²) in [4.78, 5) is 51.3. The summed E-state index contributed by atoms with van der Waals surface area (Å²) in [5.74, 6) is -1.72. The maximum absolute atomic E-state index is 12.8. The van der Waals surface area contributed by atoms with E-state index in [1.165, 1.54) is 6.92 Å². The van der Waals surface area contributed by atoms with E-state index in [-0.39, 0.29) is 35.5 Å². The minimum atomic E-state index is -1.02. The molecule has 1 aromatic rings. The molecule has 1 aromatic carbocycles. The summed E-state index contributed by atoms with van der Waals surface area (Å²) in [5, 5.41) is 2.73. The molecule has 7 nitrogen and oxygen atoms in total. The fraction of sp³-hybridized carbons (Fsp3) is 0.545. The summed E-state index contributed by atoms with van der Waals surface area (Å²) in [6.45, 7) is 3.01. The van der Waals surface area contributed by atoms with E-state index >= 15 is 0 Å². The van der Waals surface area contributed by atoms with Gasteiger partial charge in [0.05, 0.1) is 11.8 Å². The van der Waals surface area contributed by atoms with Gasteiger partial charge < -0.3 is 10.1 Å². The summed E-state index contributed by atoms with van der Waals surface area (Å²) < 4.78 is 5.11. The molecule has 3 aliphatic rings. The van der Waals surface area contributed by atoms with E-state index < -0.39 is 24.5 Å². The maximum Gasteiger partial charge on any atom is 0.329 e. The Morgan fingerprint density at radius 3 is 2.38 bits per heavy atom. The fourth-order valence-corrected chi connectivity index (χ4v) is 5.31.